The molecule has 0 bridgehead atoms. The molecule has 6 nitrogen and oxygen atoms in total. The lowest BCUT2D eigenvalue weighted by Crippen LogP contribution is -2.64. The number of pyridine rings is 1. The SMILES string of the molecule is COC1(C)CN(CC2(O)CCC(F)(C(=O)NCc3ccc(F)cc3Cl)c3cccnc32)C1. The number of carbonyl (C=O) groups excluding carboxylic acids is 1. The first-order valence-electron chi connectivity index (χ1n) is 10.5. The van der Waals surface area contributed by atoms with Crippen LogP contribution < -0.4 is 5.32 Å². The van der Waals surface area contributed by atoms with Crippen LogP contribution in [-0.2, 0) is 27.3 Å². The number of hydrogen-bond donors (Lipinski definition) is 2. The minimum absolute atomic E-state index is 0.0401. The third-order valence-corrected chi connectivity index (χ3v) is 6.82. The summed E-state index contributed by atoms with van der Waals surface area (Å²) in [5.74, 6) is -1.34. The van der Waals surface area contributed by atoms with Gasteiger partial charge in [0.15, 0.2) is 0 Å². The van der Waals surface area contributed by atoms with Crippen molar-refractivity contribution in [2.45, 2.75) is 43.2 Å². The fourth-order valence-electron chi connectivity index (χ4n) is 4.61. The molecule has 2 N–H and O–H groups in total. The van der Waals surface area contributed by atoms with E-state index in [0.29, 0.717) is 18.7 Å². The number of nitrogens with one attached hydrogen (secondary N) is 1. The van der Waals surface area contributed by atoms with Crippen molar-refractivity contribution in [3.8, 4) is 0 Å². The number of hydrogen-bond acceptors (Lipinski definition) is 5. The zero-order chi connectivity index (χ0) is 23.1. The van der Waals surface area contributed by atoms with Crippen LogP contribution in [0.1, 0.15) is 36.6 Å². The van der Waals surface area contributed by atoms with Gasteiger partial charge in [0.1, 0.15) is 11.4 Å². The summed E-state index contributed by atoms with van der Waals surface area (Å²) >= 11 is 6.01. The molecule has 0 spiro atoms. The summed E-state index contributed by atoms with van der Waals surface area (Å²) in [7, 11) is 1.65. The molecule has 0 radical (unpaired) electrons. The summed E-state index contributed by atoms with van der Waals surface area (Å²) in [6, 6.07) is 6.85. The number of aromatic nitrogens is 1. The molecule has 4 rings (SSSR count). The zero-order valence-electron chi connectivity index (χ0n) is 18.0. The van der Waals surface area contributed by atoms with Crippen molar-refractivity contribution >= 4 is 17.5 Å². The van der Waals surface area contributed by atoms with Gasteiger partial charge in [-0.15, -0.1) is 0 Å². The second kappa shape index (κ2) is 8.33. The lowest BCUT2D eigenvalue weighted by Gasteiger charge is -2.50. The van der Waals surface area contributed by atoms with Gasteiger partial charge in [0.25, 0.3) is 5.91 Å². The smallest absolute Gasteiger partial charge is 0.262 e. The Labute approximate surface area is 190 Å². The number of likely N-dealkylation sites (tertiary alicyclic amines) is 1. The summed E-state index contributed by atoms with van der Waals surface area (Å²) in [5, 5.41) is 14.1. The van der Waals surface area contributed by atoms with Gasteiger partial charge < -0.3 is 15.2 Å². The van der Waals surface area contributed by atoms with Crippen LogP contribution in [0.25, 0.3) is 0 Å². The number of ether oxygens (including phenoxy) is 1. The molecular weight excluding hydrogens is 440 g/mol. The number of fused-ring (bicyclic) bond motifs is 1. The van der Waals surface area contributed by atoms with Crippen molar-refractivity contribution in [2.24, 2.45) is 0 Å². The zero-order valence-corrected chi connectivity index (χ0v) is 18.8. The van der Waals surface area contributed by atoms with Crippen molar-refractivity contribution in [3.63, 3.8) is 0 Å². The minimum atomic E-state index is -2.35. The number of aliphatic hydroxyl groups is 1. The van der Waals surface area contributed by atoms with E-state index in [9.17, 15) is 14.3 Å². The fourth-order valence-corrected chi connectivity index (χ4v) is 4.84. The lowest BCUT2D eigenvalue weighted by atomic mass is 9.73. The predicted octanol–water partition coefficient (Wildman–Crippen LogP) is 3.06. The van der Waals surface area contributed by atoms with E-state index in [0.717, 1.165) is 6.07 Å². The number of alkyl halides is 1. The van der Waals surface area contributed by atoms with Gasteiger partial charge in [0.05, 0.1) is 11.3 Å². The Kier molecular flexibility index (Phi) is 6.00. The van der Waals surface area contributed by atoms with Crippen LogP contribution in [0, 0.1) is 5.82 Å². The first kappa shape index (κ1) is 23.0. The Bertz CT molecular complexity index is 1030. The van der Waals surface area contributed by atoms with Crippen molar-refractivity contribution in [2.75, 3.05) is 26.7 Å². The molecule has 1 saturated heterocycles. The number of rotatable bonds is 6. The molecular formula is C23H26ClF2N3O3. The van der Waals surface area contributed by atoms with E-state index < -0.39 is 23.0 Å². The third kappa shape index (κ3) is 4.12. The molecule has 2 unspecified atom stereocenters. The van der Waals surface area contributed by atoms with Gasteiger partial charge in [0, 0.05) is 50.1 Å². The standard InChI is InChI=1S/C23H26ClF2N3O3/c1-21(32-2)12-29(13-21)14-22(31)7-8-23(26,17-4-3-9-27-19(17)22)20(30)28-11-15-5-6-16(25)10-18(15)24/h3-6,9-10,31H,7-8,11-14H2,1-2H3,(H,28,30). The van der Waals surface area contributed by atoms with Crippen molar-refractivity contribution in [1.82, 2.24) is 15.2 Å². The van der Waals surface area contributed by atoms with E-state index >= 15 is 4.39 Å². The number of nitrogens with zero attached hydrogens (tertiary/aromatic N) is 2. The Hall–Kier alpha value is -2.13. The van der Waals surface area contributed by atoms with Crippen LogP contribution in [0.2, 0.25) is 5.02 Å². The molecule has 2 aliphatic rings. The highest BCUT2D eigenvalue weighted by Gasteiger charge is 2.53. The number of amides is 1. The van der Waals surface area contributed by atoms with E-state index in [1.807, 2.05) is 11.8 Å². The van der Waals surface area contributed by atoms with Gasteiger partial charge in [0.2, 0.25) is 5.67 Å². The van der Waals surface area contributed by atoms with E-state index in [1.165, 1.54) is 24.4 Å². The second-order valence-electron chi connectivity index (χ2n) is 8.95. The number of methoxy groups -OCH3 is 1. The molecule has 1 aromatic carbocycles. The largest absolute Gasteiger partial charge is 0.382 e. The quantitative estimate of drug-likeness (QED) is 0.686. The molecule has 1 aliphatic heterocycles. The van der Waals surface area contributed by atoms with E-state index in [-0.39, 0.29) is 47.8 Å². The minimum Gasteiger partial charge on any atom is -0.382 e. The maximum Gasteiger partial charge on any atom is 0.262 e. The number of β-amino-alcohol motifs (C(OH)–C–C–N with tert-alkyl or cyclic N) is 1. The van der Waals surface area contributed by atoms with E-state index in [2.05, 4.69) is 10.3 Å². The molecule has 1 aromatic heterocycles. The van der Waals surface area contributed by atoms with Crippen LogP contribution >= 0.6 is 11.6 Å². The first-order valence-corrected chi connectivity index (χ1v) is 10.8. The lowest BCUT2D eigenvalue weighted by molar-refractivity contribution is -0.147. The van der Waals surface area contributed by atoms with Gasteiger partial charge in [-0.25, -0.2) is 8.78 Å². The van der Waals surface area contributed by atoms with E-state index in [1.54, 1.807) is 13.2 Å². The molecule has 1 fully saturated rings. The maximum atomic E-state index is 16.1. The topological polar surface area (TPSA) is 74.7 Å². The van der Waals surface area contributed by atoms with Gasteiger partial charge in [-0.2, -0.15) is 0 Å². The molecule has 2 heterocycles. The Morgan fingerprint density at radius 3 is 2.78 bits per heavy atom. The third-order valence-electron chi connectivity index (χ3n) is 6.47. The van der Waals surface area contributed by atoms with Gasteiger partial charge in [-0.3, -0.25) is 14.7 Å². The fraction of sp³-hybridized carbons (Fsp3) is 0.478. The average molecular weight is 466 g/mol. The van der Waals surface area contributed by atoms with Gasteiger partial charge in [-0.1, -0.05) is 23.7 Å². The molecule has 32 heavy (non-hydrogen) atoms. The molecule has 1 amide bonds. The average Bonchev–Trinajstić information content (AvgIpc) is 2.75. The van der Waals surface area contributed by atoms with Gasteiger partial charge in [-0.05, 0) is 43.5 Å². The highest BCUT2D eigenvalue weighted by atomic mass is 35.5. The Morgan fingerprint density at radius 2 is 2.09 bits per heavy atom. The van der Waals surface area contributed by atoms with Gasteiger partial charge >= 0.3 is 0 Å². The highest BCUT2D eigenvalue weighted by Crippen LogP contribution is 2.46. The Balaban J connectivity index is 1.53. The number of benzene rings is 1. The highest BCUT2D eigenvalue weighted by molar-refractivity contribution is 6.31. The van der Waals surface area contributed by atoms with Crippen molar-refractivity contribution < 1.29 is 23.4 Å². The number of carbonyl (C=O) groups is 1. The molecule has 9 heteroatoms. The Morgan fingerprint density at radius 1 is 1.34 bits per heavy atom. The molecule has 1 aliphatic carbocycles. The first-order chi connectivity index (χ1) is 15.1. The van der Waals surface area contributed by atoms with E-state index in [4.69, 9.17) is 16.3 Å². The molecule has 2 atom stereocenters. The van der Waals surface area contributed by atoms with Crippen molar-refractivity contribution in [3.05, 3.63) is 64.2 Å². The molecule has 2 aromatic rings. The summed E-state index contributed by atoms with van der Waals surface area (Å²) in [4.78, 5) is 19.2. The molecule has 172 valence electrons. The van der Waals surface area contributed by atoms with Crippen LogP contribution in [-0.4, -0.2) is 53.2 Å². The van der Waals surface area contributed by atoms with Crippen LogP contribution in [0.4, 0.5) is 8.78 Å². The summed E-state index contributed by atoms with van der Waals surface area (Å²) in [6.07, 6.45) is 1.33. The maximum absolute atomic E-state index is 16.1. The van der Waals surface area contributed by atoms with Crippen LogP contribution in [0.3, 0.4) is 0 Å². The van der Waals surface area contributed by atoms with Crippen LogP contribution in [0.5, 0.6) is 0 Å². The normalized spacial score (nSPS) is 26.8. The number of halogens is 3. The van der Waals surface area contributed by atoms with Crippen molar-refractivity contribution in [1.29, 1.82) is 0 Å². The monoisotopic (exact) mass is 465 g/mol. The molecule has 0 saturated carbocycles. The summed E-state index contributed by atoms with van der Waals surface area (Å²) in [5.41, 5.74) is -3.27. The summed E-state index contributed by atoms with van der Waals surface area (Å²) < 4.78 is 34.8. The predicted molar refractivity (Wildman–Crippen MR) is 115 cm³/mol. The van der Waals surface area contributed by atoms with Crippen LogP contribution in [0.15, 0.2) is 36.5 Å². The summed E-state index contributed by atoms with van der Waals surface area (Å²) in [6.45, 7) is 3.51. The second-order valence-corrected chi connectivity index (χ2v) is 9.36.